The molecule has 6 nitrogen and oxygen atoms in total. The minimum atomic E-state index is -0.311. The van der Waals surface area contributed by atoms with Crippen LogP contribution in [0.4, 0.5) is 5.69 Å². The van der Waals surface area contributed by atoms with Crippen LogP contribution in [0.15, 0.2) is 18.5 Å². The van der Waals surface area contributed by atoms with E-state index in [4.69, 9.17) is 5.73 Å². The largest absolute Gasteiger partial charge is 0.384 e. The van der Waals surface area contributed by atoms with Crippen LogP contribution < -0.4 is 16.4 Å². The van der Waals surface area contributed by atoms with Gasteiger partial charge in [-0.1, -0.05) is 6.92 Å². The Morgan fingerprint density at radius 3 is 2.80 bits per heavy atom. The maximum absolute atomic E-state index is 12.0. The fourth-order valence-corrected chi connectivity index (χ4v) is 1.71. The number of unbranched alkanes of at least 4 members (excludes halogenated alkanes) is 1. The highest BCUT2D eigenvalue weighted by Gasteiger charge is 2.10. The van der Waals surface area contributed by atoms with E-state index in [0.29, 0.717) is 24.9 Å². The monoisotopic (exact) mass is 278 g/mol. The van der Waals surface area contributed by atoms with E-state index < -0.39 is 0 Å². The first-order valence-electron chi connectivity index (χ1n) is 6.89. The van der Waals surface area contributed by atoms with Gasteiger partial charge in [-0.3, -0.25) is 14.6 Å². The van der Waals surface area contributed by atoms with Crippen LogP contribution in [0, 0.1) is 0 Å². The molecule has 6 heteroatoms. The molecule has 4 N–H and O–H groups in total. The van der Waals surface area contributed by atoms with Gasteiger partial charge in [0.1, 0.15) is 0 Å². The van der Waals surface area contributed by atoms with Gasteiger partial charge >= 0.3 is 0 Å². The second kappa shape index (κ2) is 8.90. The molecule has 0 radical (unpaired) electrons. The van der Waals surface area contributed by atoms with Gasteiger partial charge in [0.15, 0.2) is 0 Å². The van der Waals surface area contributed by atoms with E-state index in [0.717, 1.165) is 25.1 Å². The number of carbonyl (C=O) groups is 2. The lowest BCUT2D eigenvalue weighted by molar-refractivity contribution is -0.118. The molecule has 0 aliphatic heterocycles. The number of carbonyl (C=O) groups excluding carboxylic acids is 2. The second-order valence-corrected chi connectivity index (χ2v) is 4.53. The van der Waals surface area contributed by atoms with Gasteiger partial charge in [0.05, 0.1) is 11.3 Å². The van der Waals surface area contributed by atoms with Crippen molar-refractivity contribution in [3.63, 3.8) is 0 Å². The van der Waals surface area contributed by atoms with Crippen LogP contribution >= 0.6 is 0 Å². The van der Waals surface area contributed by atoms with Crippen molar-refractivity contribution in [2.45, 2.75) is 32.6 Å². The van der Waals surface area contributed by atoms with E-state index in [-0.39, 0.29) is 11.8 Å². The lowest BCUT2D eigenvalue weighted by Crippen LogP contribution is -2.26. The van der Waals surface area contributed by atoms with Crippen LogP contribution in [-0.2, 0) is 4.79 Å². The van der Waals surface area contributed by atoms with E-state index in [1.807, 2.05) is 0 Å². The summed E-state index contributed by atoms with van der Waals surface area (Å²) in [5.74, 6) is -0.467. The predicted molar refractivity (Wildman–Crippen MR) is 78.4 cm³/mol. The molecule has 2 amide bonds. The normalized spacial score (nSPS) is 10.1. The van der Waals surface area contributed by atoms with Gasteiger partial charge in [-0.05, 0) is 25.3 Å². The first-order valence-corrected chi connectivity index (χ1v) is 6.89. The second-order valence-electron chi connectivity index (χ2n) is 4.53. The van der Waals surface area contributed by atoms with Crippen molar-refractivity contribution >= 4 is 17.5 Å². The highest BCUT2D eigenvalue weighted by molar-refractivity contribution is 5.99. The molecule has 0 unspecified atom stereocenters. The summed E-state index contributed by atoms with van der Waals surface area (Å²) < 4.78 is 0. The number of rotatable bonds is 9. The lowest BCUT2D eigenvalue weighted by Gasteiger charge is -2.11. The minimum absolute atomic E-state index is 0.157. The Bertz CT molecular complexity index is 449. The Kier molecular flexibility index (Phi) is 7.10. The topological polar surface area (TPSA) is 97.1 Å². The van der Waals surface area contributed by atoms with Crippen molar-refractivity contribution in [3.8, 4) is 0 Å². The predicted octanol–water partition coefficient (Wildman–Crippen LogP) is 1.29. The number of aromatic nitrogens is 1. The van der Waals surface area contributed by atoms with E-state index in [1.165, 1.54) is 0 Å². The van der Waals surface area contributed by atoms with Crippen molar-refractivity contribution in [1.82, 2.24) is 10.3 Å². The zero-order chi connectivity index (χ0) is 14.8. The quantitative estimate of drug-likeness (QED) is 0.593. The highest BCUT2D eigenvalue weighted by atomic mass is 16.2. The van der Waals surface area contributed by atoms with Gasteiger partial charge in [-0.2, -0.15) is 0 Å². The molecule has 110 valence electrons. The van der Waals surface area contributed by atoms with Crippen molar-refractivity contribution in [2.75, 3.05) is 18.4 Å². The zero-order valence-electron chi connectivity index (χ0n) is 11.8. The first-order chi connectivity index (χ1) is 9.65. The Morgan fingerprint density at radius 1 is 1.30 bits per heavy atom. The summed E-state index contributed by atoms with van der Waals surface area (Å²) in [6.45, 7) is 3.39. The molecule has 0 saturated heterocycles. The average molecular weight is 278 g/mol. The number of amides is 2. The Labute approximate surface area is 119 Å². The summed E-state index contributed by atoms with van der Waals surface area (Å²) in [7, 11) is 0. The van der Waals surface area contributed by atoms with E-state index in [1.54, 1.807) is 18.5 Å². The Morgan fingerprint density at radius 2 is 2.10 bits per heavy atom. The van der Waals surface area contributed by atoms with Crippen LogP contribution in [0.2, 0.25) is 0 Å². The molecular weight excluding hydrogens is 256 g/mol. The molecule has 1 rings (SSSR count). The number of nitrogens with two attached hydrogens (primary N) is 1. The molecule has 1 heterocycles. The molecule has 1 aromatic rings. The van der Waals surface area contributed by atoms with Gasteiger partial charge in [0.2, 0.25) is 5.91 Å². The maximum atomic E-state index is 12.0. The molecular formula is C14H22N4O2. The number of hydrogen-bond donors (Lipinski definition) is 3. The Hall–Kier alpha value is -2.11. The third kappa shape index (κ3) is 5.69. The molecule has 0 bridgehead atoms. The van der Waals surface area contributed by atoms with Crippen molar-refractivity contribution in [3.05, 3.63) is 24.0 Å². The minimum Gasteiger partial charge on any atom is -0.384 e. The molecule has 0 spiro atoms. The zero-order valence-corrected chi connectivity index (χ0v) is 11.8. The standard InChI is InChI=1S/C14H22N4O2/c1-2-7-17-12-6-9-16-10-11(12)14(20)18-8-4-3-5-13(15)19/h6,9-10H,2-5,7-8H2,1H3,(H2,15,19)(H,16,17)(H,18,20). The van der Waals surface area contributed by atoms with Gasteiger partial charge in [-0.15, -0.1) is 0 Å². The lowest BCUT2D eigenvalue weighted by atomic mass is 10.2. The summed E-state index contributed by atoms with van der Waals surface area (Å²) in [5.41, 5.74) is 6.38. The van der Waals surface area contributed by atoms with Crippen LogP contribution in [0.3, 0.4) is 0 Å². The number of pyridine rings is 1. The van der Waals surface area contributed by atoms with Crippen molar-refractivity contribution < 1.29 is 9.59 Å². The smallest absolute Gasteiger partial charge is 0.254 e. The summed E-state index contributed by atoms with van der Waals surface area (Å²) in [6.07, 6.45) is 5.96. The van der Waals surface area contributed by atoms with Crippen LogP contribution in [-0.4, -0.2) is 29.9 Å². The van der Waals surface area contributed by atoms with E-state index in [2.05, 4.69) is 22.5 Å². The molecule has 0 saturated carbocycles. The maximum Gasteiger partial charge on any atom is 0.254 e. The number of anilines is 1. The summed E-state index contributed by atoms with van der Waals surface area (Å²) in [4.78, 5) is 26.6. The SMILES string of the molecule is CCCNc1ccncc1C(=O)NCCCCC(N)=O. The molecule has 0 aliphatic carbocycles. The molecule has 0 atom stereocenters. The van der Waals surface area contributed by atoms with E-state index in [9.17, 15) is 9.59 Å². The van der Waals surface area contributed by atoms with Crippen LogP contribution in [0.5, 0.6) is 0 Å². The molecule has 0 fully saturated rings. The summed E-state index contributed by atoms with van der Waals surface area (Å²) in [5, 5.41) is 6.02. The molecule has 0 aliphatic rings. The molecule has 1 aromatic heterocycles. The van der Waals surface area contributed by atoms with Crippen LogP contribution in [0.25, 0.3) is 0 Å². The average Bonchev–Trinajstić information content (AvgIpc) is 2.44. The number of hydrogen-bond acceptors (Lipinski definition) is 4. The fourth-order valence-electron chi connectivity index (χ4n) is 1.71. The first kappa shape index (κ1) is 15.9. The molecule has 20 heavy (non-hydrogen) atoms. The van der Waals surface area contributed by atoms with Gasteiger partial charge in [-0.25, -0.2) is 0 Å². The summed E-state index contributed by atoms with van der Waals surface area (Å²) in [6, 6.07) is 1.79. The molecule has 0 aromatic carbocycles. The number of nitrogens with zero attached hydrogens (tertiary/aromatic N) is 1. The third-order valence-corrected chi connectivity index (χ3v) is 2.77. The van der Waals surface area contributed by atoms with Gasteiger partial charge in [0.25, 0.3) is 5.91 Å². The number of primary amides is 1. The van der Waals surface area contributed by atoms with Gasteiger partial charge in [0, 0.05) is 31.9 Å². The number of nitrogens with one attached hydrogen (secondary N) is 2. The third-order valence-electron chi connectivity index (χ3n) is 2.77. The Balaban J connectivity index is 2.44. The van der Waals surface area contributed by atoms with Crippen molar-refractivity contribution in [1.29, 1.82) is 0 Å². The summed E-state index contributed by atoms with van der Waals surface area (Å²) >= 11 is 0. The van der Waals surface area contributed by atoms with Crippen molar-refractivity contribution in [2.24, 2.45) is 5.73 Å². The highest BCUT2D eigenvalue weighted by Crippen LogP contribution is 2.13. The fraction of sp³-hybridized carbons (Fsp3) is 0.500. The van der Waals surface area contributed by atoms with Crippen LogP contribution in [0.1, 0.15) is 43.0 Å². The van der Waals surface area contributed by atoms with Gasteiger partial charge < -0.3 is 16.4 Å². The van der Waals surface area contributed by atoms with E-state index >= 15 is 0 Å².